The first-order valence-electron chi connectivity index (χ1n) is 7.16. The Hall–Kier alpha value is -2.08. The molecule has 6 heteroatoms. The van der Waals surface area contributed by atoms with E-state index in [4.69, 9.17) is 10.5 Å². The summed E-state index contributed by atoms with van der Waals surface area (Å²) in [6.07, 6.45) is 0.685. The van der Waals surface area contributed by atoms with E-state index >= 15 is 0 Å². The van der Waals surface area contributed by atoms with Gasteiger partial charge in [0.1, 0.15) is 6.04 Å². The third-order valence-electron chi connectivity index (χ3n) is 4.11. The number of amides is 2. The van der Waals surface area contributed by atoms with Crippen molar-refractivity contribution in [2.75, 3.05) is 31.6 Å². The normalized spacial score (nSPS) is 24.9. The van der Waals surface area contributed by atoms with Gasteiger partial charge in [-0.05, 0) is 18.1 Å². The van der Waals surface area contributed by atoms with Crippen LogP contribution >= 0.6 is 0 Å². The van der Waals surface area contributed by atoms with Crippen LogP contribution in [0.25, 0.3) is 0 Å². The number of hydrogen-bond acceptors (Lipinski definition) is 4. The number of benzene rings is 1. The van der Waals surface area contributed by atoms with Gasteiger partial charge in [0.25, 0.3) is 0 Å². The molecule has 0 bridgehead atoms. The topological polar surface area (TPSA) is 84.7 Å². The molecule has 0 aromatic heterocycles. The van der Waals surface area contributed by atoms with Crippen LogP contribution in [0.15, 0.2) is 24.3 Å². The first-order chi connectivity index (χ1) is 10.2. The van der Waals surface area contributed by atoms with Gasteiger partial charge in [-0.2, -0.15) is 0 Å². The fourth-order valence-electron chi connectivity index (χ4n) is 2.95. The fraction of sp³-hybridized carbons (Fsp3) is 0.467. The molecule has 2 aliphatic rings. The highest BCUT2D eigenvalue weighted by molar-refractivity contribution is 5.88. The minimum atomic E-state index is -0.650. The minimum absolute atomic E-state index is 0.0240. The van der Waals surface area contributed by atoms with Crippen molar-refractivity contribution in [3.8, 4) is 0 Å². The zero-order chi connectivity index (χ0) is 14.8. The predicted molar refractivity (Wildman–Crippen MR) is 77.6 cm³/mol. The predicted octanol–water partition coefficient (Wildman–Crippen LogP) is -0.0165. The highest BCUT2D eigenvalue weighted by Gasteiger charge is 2.36. The van der Waals surface area contributed by atoms with E-state index in [2.05, 4.69) is 5.32 Å². The molecule has 6 nitrogen and oxygen atoms in total. The van der Waals surface area contributed by atoms with Gasteiger partial charge in [0.05, 0.1) is 19.1 Å². The molecule has 2 unspecified atom stereocenters. The second-order valence-electron chi connectivity index (χ2n) is 5.46. The lowest BCUT2D eigenvalue weighted by Gasteiger charge is -2.37. The number of fused-ring (bicyclic) bond motifs is 1. The number of primary amides is 1. The molecule has 0 radical (unpaired) electrons. The number of nitrogens with one attached hydrogen (secondary N) is 1. The van der Waals surface area contributed by atoms with Crippen molar-refractivity contribution in [1.82, 2.24) is 4.90 Å². The maximum absolute atomic E-state index is 12.7. The van der Waals surface area contributed by atoms with Crippen molar-refractivity contribution < 1.29 is 14.3 Å². The maximum atomic E-state index is 12.7. The van der Waals surface area contributed by atoms with Crippen molar-refractivity contribution >= 4 is 17.5 Å². The van der Waals surface area contributed by atoms with E-state index in [1.807, 2.05) is 24.3 Å². The summed E-state index contributed by atoms with van der Waals surface area (Å²) in [5.74, 6) is -0.698. The van der Waals surface area contributed by atoms with E-state index in [0.29, 0.717) is 26.1 Å². The van der Waals surface area contributed by atoms with Crippen molar-refractivity contribution in [2.24, 2.45) is 11.7 Å². The number of ether oxygens (including phenoxy) is 1. The molecule has 2 heterocycles. The maximum Gasteiger partial charge on any atom is 0.242 e. The molecule has 2 aliphatic heterocycles. The van der Waals surface area contributed by atoms with Gasteiger partial charge >= 0.3 is 0 Å². The Bertz CT molecular complexity index is 561. The monoisotopic (exact) mass is 289 g/mol. The van der Waals surface area contributed by atoms with E-state index in [1.54, 1.807) is 4.90 Å². The lowest BCUT2D eigenvalue weighted by molar-refractivity contribution is -0.150. The quantitative estimate of drug-likeness (QED) is 0.801. The first kappa shape index (κ1) is 13.9. The number of para-hydroxylation sites is 1. The lowest BCUT2D eigenvalue weighted by atomic mass is 9.92. The summed E-state index contributed by atoms with van der Waals surface area (Å²) in [7, 11) is 0. The molecular weight excluding hydrogens is 270 g/mol. The molecule has 21 heavy (non-hydrogen) atoms. The molecule has 2 atom stereocenters. The van der Waals surface area contributed by atoms with Crippen molar-refractivity contribution in [2.45, 2.75) is 12.5 Å². The Morgan fingerprint density at radius 1 is 1.33 bits per heavy atom. The highest BCUT2D eigenvalue weighted by Crippen LogP contribution is 2.26. The van der Waals surface area contributed by atoms with Gasteiger partial charge in [0, 0.05) is 18.8 Å². The van der Waals surface area contributed by atoms with Crippen LogP contribution in [0.2, 0.25) is 0 Å². The summed E-state index contributed by atoms with van der Waals surface area (Å²) in [5, 5.41) is 3.28. The minimum Gasteiger partial charge on any atom is -0.384 e. The molecule has 3 N–H and O–H groups in total. The van der Waals surface area contributed by atoms with Gasteiger partial charge in [-0.15, -0.1) is 0 Å². The third-order valence-corrected chi connectivity index (χ3v) is 4.11. The lowest BCUT2D eigenvalue weighted by Crippen LogP contribution is -2.57. The number of rotatable bonds is 2. The van der Waals surface area contributed by atoms with Crippen LogP contribution in [0.5, 0.6) is 0 Å². The van der Waals surface area contributed by atoms with Crippen molar-refractivity contribution in [1.29, 1.82) is 0 Å². The Morgan fingerprint density at radius 3 is 2.95 bits per heavy atom. The molecule has 3 rings (SSSR count). The molecule has 1 fully saturated rings. The zero-order valence-corrected chi connectivity index (χ0v) is 11.7. The SMILES string of the molecule is NC(=O)C1COCCN1C(=O)C1CNc2ccccc2C1. The van der Waals surface area contributed by atoms with Crippen LogP contribution in [-0.4, -0.2) is 49.1 Å². The molecule has 1 saturated heterocycles. The van der Waals surface area contributed by atoms with Crippen LogP contribution in [0, 0.1) is 5.92 Å². The van der Waals surface area contributed by atoms with Gasteiger partial charge < -0.3 is 20.7 Å². The molecular formula is C15H19N3O3. The number of hydrogen-bond donors (Lipinski definition) is 2. The van der Waals surface area contributed by atoms with Crippen LogP contribution in [0.4, 0.5) is 5.69 Å². The Morgan fingerprint density at radius 2 is 2.14 bits per heavy atom. The summed E-state index contributed by atoms with van der Waals surface area (Å²) < 4.78 is 5.26. The summed E-state index contributed by atoms with van der Waals surface area (Å²) in [5.41, 5.74) is 7.58. The molecule has 0 aliphatic carbocycles. The van der Waals surface area contributed by atoms with Crippen LogP contribution in [0.1, 0.15) is 5.56 Å². The van der Waals surface area contributed by atoms with Gasteiger partial charge in [0.15, 0.2) is 0 Å². The van der Waals surface area contributed by atoms with E-state index in [-0.39, 0.29) is 18.4 Å². The van der Waals surface area contributed by atoms with E-state index in [9.17, 15) is 9.59 Å². The van der Waals surface area contributed by atoms with Crippen molar-refractivity contribution in [3.05, 3.63) is 29.8 Å². The van der Waals surface area contributed by atoms with Crippen LogP contribution < -0.4 is 11.1 Å². The standard InChI is InChI=1S/C15H19N3O3/c16-14(19)13-9-21-6-5-18(13)15(20)11-7-10-3-1-2-4-12(10)17-8-11/h1-4,11,13,17H,5-9H2,(H2,16,19). The van der Waals surface area contributed by atoms with Gasteiger partial charge in [0.2, 0.25) is 11.8 Å². The number of anilines is 1. The van der Waals surface area contributed by atoms with Crippen molar-refractivity contribution in [3.63, 3.8) is 0 Å². The summed E-state index contributed by atoms with van der Waals surface area (Å²) in [4.78, 5) is 25.8. The van der Waals surface area contributed by atoms with Gasteiger partial charge in [-0.25, -0.2) is 0 Å². The smallest absolute Gasteiger partial charge is 0.242 e. The van der Waals surface area contributed by atoms with Crippen LogP contribution in [0.3, 0.4) is 0 Å². The first-order valence-corrected chi connectivity index (χ1v) is 7.16. The number of nitrogens with zero attached hydrogens (tertiary/aromatic N) is 1. The largest absolute Gasteiger partial charge is 0.384 e. The Labute approximate surface area is 123 Å². The molecule has 1 aromatic rings. The highest BCUT2D eigenvalue weighted by atomic mass is 16.5. The summed E-state index contributed by atoms with van der Waals surface area (Å²) in [6, 6.07) is 7.32. The van der Waals surface area contributed by atoms with Gasteiger partial charge in [-0.3, -0.25) is 9.59 Å². The number of carbonyl (C=O) groups is 2. The summed E-state index contributed by atoms with van der Waals surface area (Å²) >= 11 is 0. The van der Waals surface area contributed by atoms with Gasteiger partial charge in [-0.1, -0.05) is 18.2 Å². The van der Waals surface area contributed by atoms with E-state index in [0.717, 1.165) is 11.3 Å². The van der Waals surface area contributed by atoms with E-state index in [1.165, 1.54) is 0 Å². The molecule has 0 saturated carbocycles. The number of morpholine rings is 1. The molecule has 112 valence electrons. The zero-order valence-electron chi connectivity index (χ0n) is 11.7. The number of carbonyl (C=O) groups excluding carboxylic acids is 2. The molecule has 2 amide bonds. The number of nitrogens with two attached hydrogens (primary N) is 1. The third kappa shape index (κ3) is 2.71. The van der Waals surface area contributed by atoms with E-state index < -0.39 is 11.9 Å². The fourth-order valence-corrected chi connectivity index (χ4v) is 2.95. The average molecular weight is 289 g/mol. The molecule has 1 aromatic carbocycles. The molecule has 0 spiro atoms. The average Bonchev–Trinajstić information content (AvgIpc) is 2.53. The van der Waals surface area contributed by atoms with Crippen LogP contribution in [-0.2, 0) is 20.7 Å². The second kappa shape index (κ2) is 5.73. The second-order valence-corrected chi connectivity index (χ2v) is 5.46. The Kier molecular flexibility index (Phi) is 3.79. The summed E-state index contributed by atoms with van der Waals surface area (Å²) in [6.45, 7) is 1.65. The Balaban J connectivity index is 1.75.